The second-order valence-corrected chi connectivity index (χ2v) is 6.48. The fourth-order valence-electron chi connectivity index (χ4n) is 2.44. The Hall–Kier alpha value is -1.65. The van der Waals surface area contributed by atoms with Crippen LogP contribution in [-0.2, 0) is 0 Å². The Labute approximate surface area is 139 Å². The lowest BCUT2D eigenvalue weighted by atomic mass is 10.0. The number of aromatic nitrogens is 2. The van der Waals surface area contributed by atoms with Gasteiger partial charge in [-0.2, -0.15) is 16.9 Å². The van der Waals surface area contributed by atoms with E-state index < -0.39 is 0 Å². The van der Waals surface area contributed by atoms with Gasteiger partial charge in [-0.15, -0.1) is 0 Å². The van der Waals surface area contributed by atoms with Crippen LogP contribution >= 0.6 is 23.4 Å². The number of nitrogens with one attached hydrogen (secondary N) is 2. The molecular formula is C17H18ClN3S. The van der Waals surface area contributed by atoms with E-state index in [4.69, 9.17) is 11.6 Å². The van der Waals surface area contributed by atoms with Crippen LogP contribution in [0.25, 0.3) is 22.0 Å². The number of fused-ring (bicyclic) bond motifs is 1. The highest BCUT2D eigenvalue weighted by atomic mass is 35.5. The van der Waals surface area contributed by atoms with Gasteiger partial charge in [0.05, 0.1) is 10.5 Å². The molecule has 1 heterocycles. The van der Waals surface area contributed by atoms with E-state index in [9.17, 15) is 0 Å². The van der Waals surface area contributed by atoms with Gasteiger partial charge in [-0.25, -0.2) is 0 Å². The van der Waals surface area contributed by atoms with Gasteiger partial charge in [-0.1, -0.05) is 41.9 Å². The minimum absolute atomic E-state index is 0.733. The summed E-state index contributed by atoms with van der Waals surface area (Å²) in [7, 11) is 0. The summed E-state index contributed by atoms with van der Waals surface area (Å²) < 4.78 is 0. The Morgan fingerprint density at radius 3 is 2.82 bits per heavy atom. The van der Waals surface area contributed by atoms with Crippen LogP contribution in [0.1, 0.15) is 6.42 Å². The Morgan fingerprint density at radius 2 is 2.05 bits per heavy atom. The van der Waals surface area contributed by atoms with Crippen LogP contribution in [0.5, 0.6) is 0 Å². The highest BCUT2D eigenvalue weighted by Crippen LogP contribution is 2.33. The number of nitrogens with zero attached hydrogens (tertiary/aromatic N) is 1. The predicted octanol–water partition coefficient (Wildman–Crippen LogP) is 5.05. The first-order valence-corrected chi connectivity index (χ1v) is 9.02. The quantitative estimate of drug-likeness (QED) is 0.621. The van der Waals surface area contributed by atoms with Crippen molar-refractivity contribution < 1.29 is 0 Å². The monoisotopic (exact) mass is 331 g/mol. The molecule has 114 valence electrons. The first kappa shape index (κ1) is 15.3. The first-order chi connectivity index (χ1) is 10.8. The van der Waals surface area contributed by atoms with E-state index in [2.05, 4.69) is 40.0 Å². The van der Waals surface area contributed by atoms with Gasteiger partial charge in [0.25, 0.3) is 0 Å². The normalized spacial score (nSPS) is 11.0. The van der Waals surface area contributed by atoms with Crippen molar-refractivity contribution in [2.75, 3.05) is 23.9 Å². The summed E-state index contributed by atoms with van der Waals surface area (Å²) in [5.74, 6) is 2.04. The molecule has 0 radical (unpaired) electrons. The first-order valence-electron chi connectivity index (χ1n) is 7.25. The molecule has 0 saturated heterocycles. The van der Waals surface area contributed by atoms with Crippen LogP contribution in [0, 0.1) is 0 Å². The number of halogens is 1. The van der Waals surface area contributed by atoms with Crippen molar-refractivity contribution in [3.8, 4) is 11.1 Å². The van der Waals surface area contributed by atoms with Crippen molar-refractivity contribution in [1.29, 1.82) is 0 Å². The number of thioether (sulfide) groups is 1. The van der Waals surface area contributed by atoms with Crippen molar-refractivity contribution in [3.05, 3.63) is 47.5 Å². The summed E-state index contributed by atoms with van der Waals surface area (Å²) in [6.07, 6.45) is 3.24. The van der Waals surface area contributed by atoms with Crippen molar-refractivity contribution in [2.45, 2.75) is 6.42 Å². The van der Waals surface area contributed by atoms with Gasteiger partial charge < -0.3 is 5.32 Å². The zero-order valence-corrected chi connectivity index (χ0v) is 14.0. The smallest absolute Gasteiger partial charge is 0.155 e. The average molecular weight is 332 g/mol. The number of hydrogen-bond donors (Lipinski definition) is 2. The third-order valence-corrected chi connectivity index (χ3v) is 4.56. The van der Waals surface area contributed by atoms with Crippen molar-refractivity contribution in [2.24, 2.45) is 0 Å². The molecule has 0 aliphatic heterocycles. The third kappa shape index (κ3) is 3.23. The summed E-state index contributed by atoms with van der Waals surface area (Å²) in [6.45, 7) is 0.921. The number of aromatic amines is 1. The molecule has 2 aromatic carbocycles. The zero-order chi connectivity index (χ0) is 15.4. The molecule has 0 unspecified atom stereocenters. The van der Waals surface area contributed by atoms with E-state index in [-0.39, 0.29) is 0 Å². The Kier molecular flexibility index (Phi) is 4.90. The van der Waals surface area contributed by atoms with E-state index in [1.165, 1.54) is 0 Å². The maximum Gasteiger partial charge on any atom is 0.155 e. The molecule has 22 heavy (non-hydrogen) atoms. The average Bonchev–Trinajstić information content (AvgIpc) is 2.93. The summed E-state index contributed by atoms with van der Waals surface area (Å²) in [5, 5.41) is 12.6. The van der Waals surface area contributed by atoms with Gasteiger partial charge in [-0.05, 0) is 36.1 Å². The van der Waals surface area contributed by atoms with Crippen molar-refractivity contribution in [1.82, 2.24) is 10.2 Å². The minimum atomic E-state index is 0.733. The highest BCUT2D eigenvalue weighted by molar-refractivity contribution is 7.98. The number of hydrogen-bond acceptors (Lipinski definition) is 3. The fourth-order valence-corrected chi connectivity index (χ4v) is 3.14. The van der Waals surface area contributed by atoms with Gasteiger partial charge >= 0.3 is 0 Å². The Bertz CT molecular complexity index is 755. The fraction of sp³-hybridized carbons (Fsp3) is 0.235. The maximum atomic E-state index is 6.42. The molecular weight excluding hydrogens is 314 g/mol. The summed E-state index contributed by atoms with van der Waals surface area (Å²) in [6, 6.07) is 14.2. The van der Waals surface area contributed by atoms with Gasteiger partial charge in [0.15, 0.2) is 5.82 Å². The Balaban J connectivity index is 1.93. The van der Waals surface area contributed by atoms with Crippen molar-refractivity contribution >= 4 is 40.1 Å². The summed E-state index contributed by atoms with van der Waals surface area (Å²) >= 11 is 8.28. The molecule has 3 nitrogen and oxygen atoms in total. The molecule has 0 fully saturated rings. The van der Waals surface area contributed by atoms with Crippen molar-refractivity contribution in [3.63, 3.8) is 0 Å². The minimum Gasteiger partial charge on any atom is -0.368 e. The predicted molar refractivity (Wildman–Crippen MR) is 98.0 cm³/mol. The molecule has 0 saturated carbocycles. The lowest BCUT2D eigenvalue weighted by molar-refractivity contribution is 0.975. The second kappa shape index (κ2) is 7.07. The zero-order valence-electron chi connectivity index (χ0n) is 12.4. The molecule has 0 aliphatic rings. The molecule has 0 spiro atoms. The van der Waals surface area contributed by atoms with Gasteiger partial charge in [0, 0.05) is 17.5 Å². The lowest BCUT2D eigenvalue weighted by Gasteiger charge is -2.06. The lowest BCUT2D eigenvalue weighted by Crippen LogP contribution is -2.03. The molecule has 0 amide bonds. The van der Waals surface area contributed by atoms with E-state index in [0.717, 1.165) is 51.6 Å². The summed E-state index contributed by atoms with van der Waals surface area (Å²) in [5.41, 5.74) is 3.10. The molecule has 0 atom stereocenters. The van der Waals surface area contributed by atoms with Crippen LogP contribution in [0.2, 0.25) is 5.02 Å². The molecule has 5 heteroatoms. The SMILES string of the molecule is CSCCCNc1n[nH]c2cc(Cl)c(-c3ccccc3)cc12. The highest BCUT2D eigenvalue weighted by Gasteiger charge is 2.10. The van der Waals surface area contributed by atoms with Gasteiger partial charge in [0.1, 0.15) is 0 Å². The summed E-state index contributed by atoms with van der Waals surface area (Å²) in [4.78, 5) is 0. The van der Waals surface area contributed by atoms with Gasteiger partial charge in [0.2, 0.25) is 0 Å². The molecule has 0 bridgehead atoms. The van der Waals surface area contributed by atoms with E-state index >= 15 is 0 Å². The molecule has 1 aromatic heterocycles. The largest absolute Gasteiger partial charge is 0.368 e. The van der Waals surface area contributed by atoms with Crippen LogP contribution in [0.15, 0.2) is 42.5 Å². The Morgan fingerprint density at radius 1 is 1.23 bits per heavy atom. The van der Waals surface area contributed by atoms with E-state index in [1.54, 1.807) is 0 Å². The van der Waals surface area contributed by atoms with Crippen LogP contribution in [-0.4, -0.2) is 28.8 Å². The molecule has 0 aliphatic carbocycles. The van der Waals surface area contributed by atoms with E-state index in [0.29, 0.717) is 0 Å². The molecule has 2 N–H and O–H groups in total. The number of H-pyrrole nitrogens is 1. The van der Waals surface area contributed by atoms with E-state index in [1.807, 2.05) is 36.0 Å². The van der Waals surface area contributed by atoms with Crippen LogP contribution < -0.4 is 5.32 Å². The molecule has 3 rings (SSSR count). The second-order valence-electron chi connectivity index (χ2n) is 5.09. The van der Waals surface area contributed by atoms with Crippen LogP contribution in [0.4, 0.5) is 5.82 Å². The number of rotatable bonds is 6. The standard InChI is InChI=1S/C17H18ClN3S/c1-22-9-5-8-19-17-14-10-13(12-6-3-2-4-7-12)15(18)11-16(14)20-21-17/h2-4,6-7,10-11H,5,8-9H2,1H3,(H2,19,20,21). The topological polar surface area (TPSA) is 40.7 Å². The number of anilines is 1. The number of benzene rings is 2. The molecule has 3 aromatic rings. The van der Waals surface area contributed by atoms with Gasteiger partial charge in [-0.3, -0.25) is 5.10 Å². The van der Waals surface area contributed by atoms with Crippen LogP contribution in [0.3, 0.4) is 0 Å². The maximum absolute atomic E-state index is 6.42. The third-order valence-electron chi connectivity index (χ3n) is 3.55.